The molecule has 4 rings (SSSR count). The Morgan fingerprint density at radius 2 is 1.58 bits per heavy atom. The van der Waals surface area contributed by atoms with Gasteiger partial charge < -0.3 is 24.4 Å². The highest BCUT2D eigenvalue weighted by Gasteiger charge is 2.15. The van der Waals surface area contributed by atoms with Crippen LogP contribution in [-0.2, 0) is 0 Å². The van der Waals surface area contributed by atoms with Crippen LogP contribution in [0.1, 0.15) is 0 Å². The molecule has 0 aliphatic heterocycles. The van der Waals surface area contributed by atoms with Crippen molar-refractivity contribution in [2.45, 2.75) is 0 Å². The average Bonchev–Trinajstić information content (AvgIpc) is 3.23. The maximum absolute atomic E-state index is 5.44. The maximum atomic E-state index is 5.44. The lowest BCUT2D eigenvalue weighted by Crippen LogP contribution is -2.07. The molecule has 0 saturated heterocycles. The fourth-order valence-corrected chi connectivity index (χ4v) is 3.44. The SMILES string of the molecule is COc1cc(Nc2nccn3c(-c4ccc(N(C)C)cc4)cnc23)cc(OC)c1OC. The fourth-order valence-electron chi connectivity index (χ4n) is 3.44. The van der Waals surface area contributed by atoms with Crippen molar-refractivity contribution in [3.05, 3.63) is 55.0 Å². The van der Waals surface area contributed by atoms with Gasteiger partial charge in [-0.2, -0.15) is 0 Å². The number of imidazole rings is 1. The number of methoxy groups -OCH3 is 3. The zero-order valence-electron chi connectivity index (χ0n) is 18.2. The lowest BCUT2D eigenvalue weighted by atomic mass is 10.1. The number of hydrogen-bond acceptors (Lipinski definition) is 7. The number of fused-ring (bicyclic) bond motifs is 1. The molecule has 0 aliphatic rings. The summed E-state index contributed by atoms with van der Waals surface area (Å²) in [5.74, 6) is 2.27. The number of aromatic nitrogens is 3. The molecule has 31 heavy (non-hydrogen) atoms. The summed E-state index contributed by atoms with van der Waals surface area (Å²) in [6, 6.07) is 12.0. The first-order chi connectivity index (χ1) is 15.0. The molecule has 8 nitrogen and oxygen atoms in total. The summed E-state index contributed by atoms with van der Waals surface area (Å²) in [6.07, 6.45) is 5.49. The van der Waals surface area contributed by atoms with Crippen LogP contribution in [0.2, 0.25) is 0 Å². The quantitative estimate of drug-likeness (QED) is 0.480. The van der Waals surface area contributed by atoms with Crippen molar-refractivity contribution in [2.24, 2.45) is 0 Å². The summed E-state index contributed by atoms with van der Waals surface area (Å²) >= 11 is 0. The summed E-state index contributed by atoms with van der Waals surface area (Å²) in [5.41, 5.74) is 4.65. The van der Waals surface area contributed by atoms with E-state index in [1.54, 1.807) is 27.5 Å². The Balaban J connectivity index is 1.72. The molecule has 4 aromatic rings. The van der Waals surface area contributed by atoms with Crippen molar-refractivity contribution in [3.8, 4) is 28.5 Å². The van der Waals surface area contributed by atoms with Crippen molar-refractivity contribution in [2.75, 3.05) is 45.6 Å². The van der Waals surface area contributed by atoms with Crippen molar-refractivity contribution in [3.63, 3.8) is 0 Å². The molecule has 0 fully saturated rings. The van der Waals surface area contributed by atoms with E-state index in [1.165, 1.54) is 0 Å². The second kappa shape index (κ2) is 8.43. The monoisotopic (exact) mass is 419 g/mol. The molecule has 2 aromatic heterocycles. The predicted octanol–water partition coefficient (Wildman–Crippen LogP) is 4.23. The predicted molar refractivity (Wildman–Crippen MR) is 122 cm³/mol. The Bertz CT molecular complexity index is 1180. The highest BCUT2D eigenvalue weighted by atomic mass is 16.5. The molecule has 0 unspecified atom stereocenters. The molecule has 2 heterocycles. The van der Waals surface area contributed by atoms with Crippen molar-refractivity contribution < 1.29 is 14.2 Å². The van der Waals surface area contributed by atoms with E-state index in [0.29, 0.717) is 28.7 Å². The molecular formula is C23H25N5O3. The van der Waals surface area contributed by atoms with Gasteiger partial charge in [0.1, 0.15) is 0 Å². The van der Waals surface area contributed by atoms with Gasteiger partial charge in [0, 0.05) is 55.6 Å². The molecule has 8 heteroatoms. The molecule has 0 aliphatic carbocycles. The zero-order chi connectivity index (χ0) is 22.0. The number of hydrogen-bond donors (Lipinski definition) is 1. The summed E-state index contributed by atoms with van der Waals surface area (Å²) < 4.78 is 18.3. The van der Waals surface area contributed by atoms with Crippen LogP contribution in [0.4, 0.5) is 17.2 Å². The highest BCUT2D eigenvalue weighted by molar-refractivity contribution is 5.76. The minimum Gasteiger partial charge on any atom is -0.493 e. The van der Waals surface area contributed by atoms with Crippen LogP contribution < -0.4 is 24.4 Å². The third-order valence-corrected chi connectivity index (χ3v) is 5.03. The lowest BCUT2D eigenvalue weighted by Gasteiger charge is -2.15. The van der Waals surface area contributed by atoms with E-state index in [4.69, 9.17) is 14.2 Å². The van der Waals surface area contributed by atoms with Gasteiger partial charge in [-0.05, 0) is 12.1 Å². The van der Waals surface area contributed by atoms with E-state index in [-0.39, 0.29) is 0 Å². The van der Waals surface area contributed by atoms with Crippen LogP contribution in [0.25, 0.3) is 16.9 Å². The van der Waals surface area contributed by atoms with Crippen molar-refractivity contribution >= 4 is 22.8 Å². The van der Waals surface area contributed by atoms with E-state index in [0.717, 1.165) is 22.6 Å². The van der Waals surface area contributed by atoms with E-state index in [9.17, 15) is 0 Å². The fraction of sp³-hybridized carbons (Fsp3) is 0.217. The van der Waals surface area contributed by atoms with Gasteiger partial charge >= 0.3 is 0 Å². The molecule has 1 N–H and O–H groups in total. The molecule has 160 valence electrons. The first kappa shape index (κ1) is 20.3. The van der Waals surface area contributed by atoms with E-state index in [1.807, 2.05) is 43.0 Å². The van der Waals surface area contributed by atoms with Gasteiger partial charge in [-0.3, -0.25) is 4.40 Å². The second-order valence-electron chi connectivity index (χ2n) is 7.09. The summed E-state index contributed by atoms with van der Waals surface area (Å²) in [6.45, 7) is 0. The van der Waals surface area contributed by atoms with Crippen LogP contribution in [0.5, 0.6) is 17.2 Å². The number of anilines is 3. The van der Waals surface area contributed by atoms with Gasteiger partial charge in [0.25, 0.3) is 0 Å². The van der Waals surface area contributed by atoms with Gasteiger partial charge in [0.05, 0.1) is 33.2 Å². The Labute approximate surface area is 181 Å². The molecular weight excluding hydrogens is 394 g/mol. The molecule has 0 bridgehead atoms. The molecule has 0 radical (unpaired) electrons. The third kappa shape index (κ3) is 3.79. The van der Waals surface area contributed by atoms with Crippen LogP contribution in [0.3, 0.4) is 0 Å². The number of benzene rings is 2. The average molecular weight is 419 g/mol. The molecule has 0 atom stereocenters. The minimum absolute atomic E-state index is 0.533. The lowest BCUT2D eigenvalue weighted by molar-refractivity contribution is 0.324. The third-order valence-electron chi connectivity index (χ3n) is 5.03. The number of ether oxygens (including phenoxy) is 3. The van der Waals surface area contributed by atoms with Gasteiger partial charge in [-0.15, -0.1) is 0 Å². The Morgan fingerprint density at radius 3 is 2.16 bits per heavy atom. The van der Waals surface area contributed by atoms with Crippen LogP contribution in [0, 0.1) is 0 Å². The Kier molecular flexibility index (Phi) is 5.53. The molecule has 0 spiro atoms. The number of nitrogens with zero attached hydrogens (tertiary/aromatic N) is 4. The topological polar surface area (TPSA) is 73.2 Å². The van der Waals surface area contributed by atoms with Gasteiger partial charge in [-0.1, -0.05) is 12.1 Å². The standard InChI is InChI=1S/C23H25N5O3/c1-27(2)17-8-6-15(7-9-17)18-14-25-23-22(24-10-11-28(18)23)26-16-12-19(29-3)21(31-5)20(13-16)30-4/h6-14H,1-5H3,(H,24,26). The van der Waals surface area contributed by atoms with E-state index in [2.05, 4.69) is 44.5 Å². The normalized spacial score (nSPS) is 10.7. The summed E-state index contributed by atoms with van der Waals surface area (Å²) in [4.78, 5) is 11.2. The minimum atomic E-state index is 0.533. The summed E-state index contributed by atoms with van der Waals surface area (Å²) in [5, 5.41) is 3.32. The summed E-state index contributed by atoms with van der Waals surface area (Å²) in [7, 11) is 8.80. The number of rotatable bonds is 7. The Hall–Kier alpha value is -3.94. The van der Waals surface area contributed by atoms with Crippen LogP contribution in [0.15, 0.2) is 55.0 Å². The number of nitrogens with one attached hydrogen (secondary N) is 1. The van der Waals surface area contributed by atoms with Gasteiger partial charge in [0.15, 0.2) is 23.0 Å². The second-order valence-corrected chi connectivity index (χ2v) is 7.09. The molecule has 0 saturated carbocycles. The van der Waals surface area contributed by atoms with Crippen molar-refractivity contribution in [1.29, 1.82) is 0 Å². The molecule has 0 amide bonds. The van der Waals surface area contributed by atoms with Gasteiger partial charge in [0.2, 0.25) is 5.75 Å². The van der Waals surface area contributed by atoms with Crippen LogP contribution >= 0.6 is 0 Å². The van der Waals surface area contributed by atoms with E-state index >= 15 is 0 Å². The first-order valence-corrected chi connectivity index (χ1v) is 9.72. The van der Waals surface area contributed by atoms with E-state index < -0.39 is 0 Å². The maximum Gasteiger partial charge on any atom is 0.203 e. The van der Waals surface area contributed by atoms with Crippen LogP contribution in [-0.4, -0.2) is 49.8 Å². The largest absolute Gasteiger partial charge is 0.493 e. The van der Waals surface area contributed by atoms with Crippen molar-refractivity contribution in [1.82, 2.24) is 14.4 Å². The highest BCUT2D eigenvalue weighted by Crippen LogP contribution is 2.40. The Morgan fingerprint density at radius 1 is 0.903 bits per heavy atom. The zero-order valence-corrected chi connectivity index (χ0v) is 18.2. The molecule has 2 aromatic carbocycles. The smallest absolute Gasteiger partial charge is 0.203 e. The van der Waals surface area contributed by atoms with Gasteiger partial charge in [-0.25, -0.2) is 9.97 Å². The first-order valence-electron chi connectivity index (χ1n) is 9.72.